The molecule has 0 radical (unpaired) electrons. The van der Waals surface area contributed by atoms with Gasteiger partial charge in [-0.05, 0) is 39.0 Å². The number of ether oxygens (including phenoxy) is 1. The number of hydrogen-bond acceptors (Lipinski definition) is 3. The first-order valence-corrected chi connectivity index (χ1v) is 7.20. The average molecular weight is 294 g/mol. The molecule has 112 valence electrons. The van der Waals surface area contributed by atoms with Crippen molar-refractivity contribution in [2.75, 3.05) is 0 Å². The number of fused-ring (bicyclic) bond motifs is 1. The van der Waals surface area contributed by atoms with E-state index in [9.17, 15) is 4.79 Å². The molecule has 0 unspecified atom stereocenters. The van der Waals surface area contributed by atoms with Gasteiger partial charge in [-0.3, -0.25) is 9.55 Å². The van der Waals surface area contributed by atoms with E-state index in [-0.39, 0.29) is 6.09 Å². The van der Waals surface area contributed by atoms with Crippen molar-refractivity contribution in [1.82, 2.24) is 9.55 Å². The fourth-order valence-electron chi connectivity index (χ4n) is 2.38. The maximum absolute atomic E-state index is 12.4. The van der Waals surface area contributed by atoms with Crippen LogP contribution in [0, 0.1) is 0 Å². The lowest BCUT2D eigenvalue weighted by Gasteiger charge is -2.20. The summed E-state index contributed by atoms with van der Waals surface area (Å²) < 4.78 is 6.98. The number of hydrogen-bond donors (Lipinski definition) is 0. The molecule has 3 aromatic rings. The highest BCUT2D eigenvalue weighted by molar-refractivity contribution is 5.94. The lowest BCUT2D eigenvalue weighted by molar-refractivity contribution is 0.0540. The third-order valence-electron chi connectivity index (χ3n) is 3.25. The number of nitrogens with zero attached hydrogens (tertiary/aromatic N) is 2. The van der Waals surface area contributed by atoms with Gasteiger partial charge >= 0.3 is 6.09 Å². The molecule has 1 aromatic carbocycles. The summed E-state index contributed by atoms with van der Waals surface area (Å²) in [4.78, 5) is 16.8. The van der Waals surface area contributed by atoms with E-state index in [0.29, 0.717) is 0 Å². The Hall–Kier alpha value is -2.62. The number of carbonyl (C=O) groups excluding carboxylic acids is 1. The zero-order valence-corrected chi connectivity index (χ0v) is 12.9. The van der Waals surface area contributed by atoms with Crippen LogP contribution in [0.5, 0.6) is 0 Å². The van der Waals surface area contributed by atoms with Crippen LogP contribution < -0.4 is 0 Å². The second-order valence-electron chi connectivity index (χ2n) is 6.12. The van der Waals surface area contributed by atoms with Gasteiger partial charge in [-0.25, -0.2) is 4.79 Å². The molecule has 0 spiro atoms. The van der Waals surface area contributed by atoms with Crippen LogP contribution in [0.4, 0.5) is 4.79 Å². The van der Waals surface area contributed by atoms with Crippen LogP contribution >= 0.6 is 0 Å². The standard InChI is InChI=1S/C18H18N2O2/c1-18(2,3)22-17(21)20-12-6-10-15(20)14-9-4-7-13-8-5-11-19-16(13)14/h4-12H,1-3H3. The summed E-state index contributed by atoms with van der Waals surface area (Å²) in [6, 6.07) is 13.6. The first-order chi connectivity index (χ1) is 10.5. The van der Waals surface area contributed by atoms with Gasteiger partial charge in [0, 0.05) is 23.3 Å². The second-order valence-corrected chi connectivity index (χ2v) is 6.12. The third kappa shape index (κ3) is 2.72. The van der Waals surface area contributed by atoms with E-state index in [4.69, 9.17) is 4.74 Å². The Morgan fingerprint density at radius 2 is 1.86 bits per heavy atom. The van der Waals surface area contributed by atoms with Gasteiger partial charge in [0.1, 0.15) is 5.60 Å². The lowest BCUT2D eigenvalue weighted by Crippen LogP contribution is -2.27. The molecule has 0 saturated carbocycles. The van der Waals surface area contributed by atoms with Crippen molar-refractivity contribution < 1.29 is 9.53 Å². The van der Waals surface area contributed by atoms with Gasteiger partial charge in [0.15, 0.2) is 0 Å². The molecule has 0 saturated heterocycles. The van der Waals surface area contributed by atoms with Gasteiger partial charge < -0.3 is 4.74 Å². The van der Waals surface area contributed by atoms with Gasteiger partial charge in [-0.2, -0.15) is 0 Å². The zero-order valence-electron chi connectivity index (χ0n) is 12.9. The van der Waals surface area contributed by atoms with Gasteiger partial charge in [0.05, 0.1) is 11.2 Å². The summed E-state index contributed by atoms with van der Waals surface area (Å²) in [5, 5.41) is 1.04. The van der Waals surface area contributed by atoms with E-state index in [1.165, 1.54) is 4.57 Å². The normalized spacial score (nSPS) is 11.6. The molecule has 0 bridgehead atoms. The van der Waals surface area contributed by atoms with Crippen molar-refractivity contribution in [3.8, 4) is 11.3 Å². The Labute approximate surface area is 129 Å². The van der Waals surface area contributed by atoms with Crippen LogP contribution in [-0.4, -0.2) is 21.2 Å². The predicted molar refractivity (Wildman–Crippen MR) is 86.8 cm³/mol. The Morgan fingerprint density at radius 1 is 1.09 bits per heavy atom. The predicted octanol–water partition coefficient (Wildman–Crippen LogP) is 4.49. The number of para-hydroxylation sites is 1. The van der Waals surface area contributed by atoms with E-state index < -0.39 is 5.60 Å². The zero-order chi connectivity index (χ0) is 15.7. The molecule has 3 rings (SSSR count). The Balaban J connectivity index is 2.10. The minimum absolute atomic E-state index is 0.388. The smallest absolute Gasteiger partial charge is 0.418 e. The maximum Gasteiger partial charge on any atom is 0.418 e. The SMILES string of the molecule is CC(C)(C)OC(=O)n1cccc1-c1cccc2cccnc12. The summed E-state index contributed by atoms with van der Waals surface area (Å²) in [6.45, 7) is 5.56. The molecule has 0 aliphatic heterocycles. The molecule has 0 aliphatic carbocycles. The third-order valence-corrected chi connectivity index (χ3v) is 3.25. The lowest BCUT2D eigenvalue weighted by atomic mass is 10.1. The summed E-state index contributed by atoms with van der Waals surface area (Å²) in [5.74, 6) is 0. The van der Waals surface area contributed by atoms with Gasteiger partial charge in [-0.15, -0.1) is 0 Å². The molecule has 0 aliphatic rings. The molecule has 2 aromatic heterocycles. The average Bonchev–Trinajstić information content (AvgIpc) is 2.94. The summed E-state index contributed by atoms with van der Waals surface area (Å²) in [5.41, 5.74) is 2.02. The fraction of sp³-hybridized carbons (Fsp3) is 0.222. The largest absolute Gasteiger partial charge is 0.443 e. The molecule has 0 amide bonds. The number of pyridine rings is 1. The van der Waals surface area contributed by atoms with Crippen molar-refractivity contribution in [1.29, 1.82) is 0 Å². The van der Waals surface area contributed by atoms with Crippen molar-refractivity contribution in [3.05, 3.63) is 54.9 Å². The summed E-state index contributed by atoms with van der Waals surface area (Å²) >= 11 is 0. The van der Waals surface area contributed by atoms with E-state index in [1.54, 1.807) is 12.4 Å². The first-order valence-electron chi connectivity index (χ1n) is 7.20. The topological polar surface area (TPSA) is 44.1 Å². The van der Waals surface area contributed by atoms with Crippen molar-refractivity contribution in [2.45, 2.75) is 26.4 Å². The van der Waals surface area contributed by atoms with E-state index in [2.05, 4.69) is 4.98 Å². The molecule has 0 N–H and O–H groups in total. The Bertz CT molecular complexity index is 823. The minimum Gasteiger partial charge on any atom is -0.443 e. The molecule has 22 heavy (non-hydrogen) atoms. The van der Waals surface area contributed by atoms with Crippen molar-refractivity contribution >= 4 is 17.0 Å². The van der Waals surface area contributed by atoms with Crippen LogP contribution in [0.2, 0.25) is 0 Å². The van der Waals surface area contributed by atoms with Crippen LogP contribution in [0.25, 0.3) is 22.2 Å². The molecular formula is C18H18N2O2. The fourth-order valence-corrected chi connectivity index (χ4v) is 2.38. The summed E-state index contributed by atoms with van der Waals surface area (Å²) in [6.07, 6.45) is 3.08. The van der Waals surface area contributed by atoms with E-state index in [1.807, 2.05) is 63.2 Å². The number of rotatable bonds is 1. The van der Waals surface area contributed by atoms with E-state index in [0.717, 1.165) is 22.2 Å². The highest BCUT2D eigenvalue weighted by atomic mass is 16.6. The van der Waals surface area contributed by atoms with Crippen LogP contribution in [0.1, 0.15) is 20.8 Å². The van der Waals surface area contributed by atoms with Gasteiger partial charge in [0.25, 0.3) is 0 Å². The quantitative estimate of drug-likeness (QED) is 0.664. The first kappa shape index (κ1) is 14.3. The van der Waals surface area contributed by atoms with E-state index >= 15 is 0 Å². The highest BCUT2D eigenvalue weighted by Gasteiger charge is 2.20. The molecule has 4 heteroatoms. The molecule has 0 fully saturated rings. The molecule has 0 atom stereocenters. The molecular weight excluding hydrogens is 276 g/mol. The van der Waals surface area contributed by atoms with Crippen LogP contribution in [0.15, 0.2) is 54.9 Å². The van der Waals surface area contributed by atoms with Crippen molar-refractivity contribution in [3.63, 3.8) is 0 Å². The Morgan fingerprint density at radius 3 is 2.64 bits per heavy atom. The summed E-state index contributed by atoms with van der Waals surface area (Å²) in [7, 11) is 0. The van der Waals surface area contributed by atoms with Gasteiger partial charge in [0.2, 0.25) is 0 Å². The van der Waals surface area contributed by atoms with Gasteiger partial charge in [-0.1, -0.05) is 24.3 Å². The number of benzene rings is 1. The highest BCUT2D eigenvalue weighted by Crippen LogP contribution is 2.28. The Kier molecular flexibility index (Phi) is 3.45. The van der Waals surface area contributed by atoms with Crippen LogP contribution in [-0.2, 0) is 4.74 Å². The number of aromatic nitrogens is 2. The molecule has 4 nitrogen and oxygen atoms in total. The van der Waals surface area contributed by atoms with Crippen molar-refractivity contribution in [2.24, 2.45) is 0 Å². The van der Waals surface area contributed by atoms with Crippen LogP contribution in [0.3, 0.4) is 0 Å². The monoisotopic (exact) mass is 294 g/mol. The minimum atomic E-state index is -0.532. The second kappa shape index (κ2) is 5.30. The molecule has 2 heterocycles. The maximum atomic E-state index is 12.4. The number of carbonyl (C=O) groups is 1.